The van der Waals surface area contributed by atoms with Gasteiger partial charge >= 0.3 is 0 Å². The number of fused-ring (bicyclic) bond motifs is 1. The molecule has 1 aromatic rings. The maximum Gasteiger partial charge on any atom is 0.262 e. The number of rotatable bonds is 4. The van der Waals surface area contributed by atoms with Gasteiger partial charge in [-0.15, -0.1) is 0 Å². The van der Waals surface area contributed by atoms with Crippen LogP contribution in [0.2, 0.25) is 0 Å². The fourth-order valence-corrected chi connectivity index (χ4v) is 8.20. The Hall–Kier alpha value is -2.63. The molecule has 10 nitrogen and oxygen atoms in total. The minimum atomic E-state index is -3.13. The molecule has 0 radical (unpaired) electrons. The predicted molar refractivity (Wildman–Crippen MR) is 117 cm³/mol. The van der Waals surface area contributed by atoms with Crippen LogP contribution in [-0.4, -0.2) is 84.6 Å². The number of piperidine rings is 2. The van der Waals surface area contributed by atoms with E-state index >= 15 is 0 Å². The quantitative estimate of drug-likeness (QED) is 0.555. The van der Waals surface area contributed by atoms with Gasteiger partial charge in [-0.05, 0) is 57.1 Å². The molecule has 5 rings (SSSR count). The first-order chi connectivity index (χ1) is 15.6. The van der Waals surface area contributed by atoms with Gasteiger partial charge in [0.2, 0.25) is 11.8 Å². The average Bonchev–Trinajstić information content (AvgIpc) is 3.02. The molecule has 3 fully saturated rings. The zero-order valence-electron chi connectivity index (χ0n) is 18.3. The van der Waals surface area contributed by atoms with Crippen LogP contribution in [0.15, 0.2) is 18.2 Å². The molecule has 2 atom stereocenters. The molecule has 3 saturated heterocycles. The molecule has 0 aromatic heterocycles. The summed E-state index contributed by atoms with van der Waals surface area (Å²) in [6, 6.07) is 3.90. The highest BCUT2D eigenvalue weighted by atomic mass is 32.2. The van der Waals surface area contributed by atoms with E-state index in [1.54, 1.807) is 18.2 Å². The Balaban J connectivity index is 1.35. The van der Waals surface area contributed by atoms with Crippen LogP contribution in [0, 0.1) is 0 Å². The van der Waals surface area contributed by atoms with Crippen molar-refractivity contribution in [3.05, 3.63) is 34.9 Å². The number of hydrogen-bond acceptors (Lipinski definition) is 8. The van der Waals surface area contributed by atoms with Crippen LogP contribution in [0.4, 0.5) is 0 Å². The van der Waals surface area contributed by atoms with Gasteiger partial charge in [0.05, 0.1) is 21.6 Å². The van der Waals surface area contributed by atoms with Crippen molar-refractivity contribution in [1.82, 2.24) is 20.4 Å². The van der Waals surface area contributed by atoms with E-state index in [0.29, 0.717) is 32.5 Å². The van der Waals surface area contributed by atoms with E-state index in [2.05, 4.69) is 10.6 Å². The van der Waals surface area contributed by atoms with Gasteiger partial charge in [-0.3, -0.25) is 34.3 Å². The molecule has 4 aliphatic rings. The molecule has 1 spiro atoms. The number of carbonyl (C=O) groups excluding carboxylic acids is 4. The highest BCUT2D eigenvalue weighted by Crippen LogP contribution is 2.44. The van der Waals surface area contributed by atoms with Gasteiger partial charge in [-0.2, -0.15) is 0 Å². The number of sulfone groups is 1. The van der Waals surface area contributed by atoms with Crippen LogP contribution < -0.4 is 10.6 Å². The van der Waals surface area contributed by atoms with Crippen LogP contribution >= 0.6 is 0 Å². The SMILES string of the molecule is CN(Cc1ccc2c(c1)C(=O)N(C1CCC(=O)NC1=O)C2=O)C1CS(=O)(=O)C12CCNCC2. The van der Waals surface area contributed by atoms with Crippen LogP contribution in [0.1, 0.15) is 52.0 Å². The standard InChI is InChI=1S/C22H26N4O6S/c1-25(17-12-33(31,32)22(17)6-8-23-9-7-22)11-13-2-3-14-15(10-13)21(30)26(20(14)29)16-4-5-18(27)24-19(16)28/h2-3,10,16-17,23H,4-9,11-12H2,1H3,(H,24,27,28). The Labute approximate surface area is 191 Å². The molecule has 176 valence electrons. The number of carbonyl (C=O) groups is 4. The molecular formula is C22H26N4O6S. The van der Waals surface area contributed by atoms with Gasteiger partial charge in [0, 0.05) is 19.0 Å². The summed E-state index contributed by atoms with van der Waals surface area (Å²) in [5.74, 6) is -2.02. The first kappa shape index (κ1) is 22.2. The number of benzene rings is 1. The summed E-state index contributed by atoms with van der Waals surface area (Å²) in [5, 5.41) is 5.41. The summed E-state index contributed by atoms with van der Waals surface area (Å²) in [7, 11) is -1.25. The van der Waals surface area contributed by atoms with Crippen molar-refractivity contribution >= 4 is 33.5 Å². The molecule has 2 N–H and O–H groups in total. The minimum absolute atomic E-state index is 0.0709. The third-order valence-corrected chi connectivity index (χ3v) is 10.2. The Bertz CT molecular complexity index is 1170. The second-order valence-electron chi connectivity index (χ2n) is 9.35. The van der Waals surface area contributed by atoms with E-state index in [-0.39, 0.29) is 35.8 Å². The van der Waals surface area contributed by atoms with Crippen LogP contribution in [0.5, 0.6) is 0 Å². The summed E-state index contributed by atoms with van der Waals surface area (Å²) in [5.41, 5.74) is 1.25. The second kappa shape index (κ2) is 7.71. The third kappa shape index (κ3) is 3.32. The molecule has 2 unspecified atom stereocenters. The molecule has 4 aliphatic heterocycles. The fourth-order valence-electron chi connectivity index (χ4n) is 5.67. The topological polar surface area (TPSA) is 133 Å². The molecule has 11 heteroatoms. The average molecular weight is 475 g/mol. The molecule has 4 heterocycles. The first-order valence-corrected chi connectivity index (χ1v) is 12.8. The Kier molecular flexibility index (Phi) is 5.18. The molecule has 0 aliphatic carbocycles. The summed E-state index contributed by atoms with van der Waals surface area (Å²) in [6.45, 7) is 1.78. The lowest BCUT2D eigenvalue weighted by Gasteiger charge is -2.54. The van der Waals surface area contributed by atoms with E-state index in [1.165, 1.54) is 0 Å². The van der Waals surface area contributed by atoms with Gasteiger partial charge < -0.3 is 5.32 Å². The zero-order chi connectivity index (χ0) is 23.5. The summed E-state index contributed by atoms with van der Waals surface area (Å²) in [4.78, 5) is 52.5. The number of nitrogens with zero attached hydrogens (tertiary/aromatic N) is 2. The first-order valence-electron chi connectivity index (χ1n) is 11.1. The van der Waals surface area contributed by atoms with Gasteiger partial charge in [0.1, 0.15) is 6.04 Å². The molecule has 0 saturated carbocycles. The van der Waals surface area contributed by atoms with Crippen molar-refractivity contribution in [2.45, 2.75) is 49.1 Å². The maximum absolute atomic E-state index is 13.0. The smallest absolute Gasteiger partial charge is 0.262 e. The van der Waals surface area contributed by atoms with E-state index in [1.807, 2.05) is 11.9 Å². The predicted octanol–water partition coefficient (Wildman–Crippen LogP) is -0.561. The van der Waals surface area contributed by atoms with Gasteiger partial charge in [0.25, 0.3) is 11.8 Å². The Morgan fingerprint density at radius 3 is 2.45 bits per heavy atom. The van der Waals surface area contributed by atoms with E-state index in [0.717, 1.165) is 10.5 Å². The van der Waals surface area contributed by atoms with Crippen molar-refractivity contribution in [2.24, 2.45) is 0 Å². The molecule has 4 amide bonds. The van der Waals surface area contributed by atoms with Crippen molar-refractivity contribution in [3.63, 3.8) is 0 Å². The number of imide groups is 2. The van der Waals surface area contributed by atoms with Crippen molar-refractivity contribution < 1.29 is 27.6 Å². The van der Waals surface area contributed by atoms with Crippen LogP contribution in [-0.2, 0) is 26.0 Å². The summed E-state index contributed by atoms with van der Waals surface area (Å²) in [6.07, 6.45) is 1.35. The molecule has 33 heavy (non-hydrogen) atoms. The lowest BCUT2D eigenvalue weighted by atomic mass is 9.87. The normalized spacial score (nSPS) is 28.1. The number of hydrogen-bond donors (Lipinski definition) is 2. The second-order valence-corrected chi connectivity index (χ2v) is 11.7. The lowest BCUT2D eigenvalue weighted by molar-refractivity contribution is -0.136. The van der Waals surface area contributed by atoms with Crippen molar-refractivity contribution in [3.8, 4) is 0 Å². The number of nitrogens with one attached hydrogen (secondary N) is 2. The monoisotopic (exact) mass is 474 g/mol. The van der Waals surface area contributed by atoms with Gasteiger partial charge in [-0.1, -0.05) is 6.07 Å². The summed E-state index contributed by atoms with van der Waals surface area (Å²) < 4.78 is 24.5. The fraction of sp³-hybridized carbons (Fsp3) is 0.545. The Morgan fingerprint density at radius 2 is 1.79 bits per heavy atom. The van der Waals surface area contributed by atoms with Crippen LogP contribution in [0.25, 0.3) is 0 Å². The maximum atomic E-state index is 13.0. The number of amides is 4. The summed E-state index contributed by atoms with van der Waals surface area (Å²) >= 11 is 0. The molecule has 0 bridgehead atoms. The highest BCUT2D eigenvalue weighted by Gasteiger charge is 2.61. The van der Waals surface area contributed by atoms with E-state index in [9.17, 15) is 27.6 Å². The van der Waals surface area contributed by atoms with E-state index in [4.69, 9.17) is 0 Å². The van der Waals surface area contributed by atoms with Gasteiger partial charge in [-0.25, -0.2) is 8.42 Å². The van der Waals surface area contributed by atoms with Gasteiger partial charge in [0.15, 0.2) is 9.84 Å². The lowest BCUT2D eigenvalue weighted by Crippen LogP contribution is -2.71. The van der Waals surface area contributed by atoms with Crippen LogP contribution in [0.3, 0.4) is 0 Å². The molecule has 1 aromatic carbocycles. The molecular weight excluding hydrogens is 448 g/mol. The van der Waals surface area contributed by atoms with Crippen molar-refractivity contribution in [2.75, 3.05) is 25.9 Å². The third-order valence-electron chi connectivity index (χ3n) is 7.52. The van der Waals surface area contributed by atoms with Crippen molar-refractivity contribution in [1.29, 1.82) is 0 Å². The van der Waals surface area contributed by atoms with E-state index < -0.39 is 44.3 Å². The Morgan fingerprint density at radius 1 is 1.09 bits per heavy atom. The zero-order valence-corrected chi connectivity index (χ0v) is 19.1. The largest absolute Gasteiger partial charge is 0.317 e. The minimum Gasteiger partial charge on any atom is -0.317 e. The highest BCUT2D eigenvalue weighted by molar-refractivity contribution is 7.94.